The summed E-state index contributed by atoms with van der Waals surface area (Å²) in [7, 11) is 0. The number of hydrogen-bond donors (Lipinski definition) is 1. The molecule has 6 rings (SSSR count). The van der Waals surface area contributed by atoms with Crippen LogP contribution in [-0.4, -0.2) is 34.7 Å². The number of halogens is 3. The molecule has 4 heterocycles. The number of rotatable bonds is 3. The molecule has 0 aromatic heterocycles. The molecule has 34 heavy (non-hydrogen) atoms. The van der Waals surface area contributed by atoms with Crippen molar-refractivity contribution < 1.29 is 42.0 Å². The fourth-order valence-electron chi connectivity index (χ4n) is 6.00. The lowest BCUT2D eigenvalue weighted by Crippen LogP contribution is -2.70. The van der Waals surface area contributed by atoms with E-state index in [9.17, 15) is 18.0 Å². The fourth-order valence-corrected chi connectivity index (χ4v) is 6.95. The summed E-state index contributed by atoms with van der Waals surface area (Å²) in [6, 6.07) is 5.00. The number of ether oxygens (including phenoxy) is 3. The molecular formula is C23H28F3NO6S. The fraction of sp³-hybridized carbons (Fsp3) is 0.696. The third-order valence-corrected chi connectivity index (χ3v) is 8.74. The standard InChI is InChI=1S/C23H28F3NO6S/c1-12-4-9-17-13(2)18(29-19-22(17)16(12)10-11-21(3,31-19)32-33-22)34-20(28)27-14-5-7-15(8-6-14)30-23(24,25)26/h5-8,12-13,16-19H,4,9-11H2,1-3H3,(H,27,28)/t12-,13-,16+,17+,18-,19-,21-,22-/m1/s1. The zero-order valence-corrected chi connectivity index (χ0v) is 19.9. The number of alkyl halides is 3. The molecule has 2 bridgehead atoms. The van der Waals surface area contributed by atoms with Crippen molar-refractivity contribution >= 4 is 22.7 Å². The predicted octanol–water partition coefficient (Wildman–Crippen LogP) is 6.06. The van der Waals surface area contributed by atoms with Gasteiger partial charge < -0.3 is 19.5 Å². The minimum atomic E-state index is -4.77. The Bertz CT molecular complexity index is 932. The summed E-state index contributed by atoms with van der Waals surface area (Å²) >= 11 is 1.01. The maximum Gasteiger partial charge on any atom is 0.573 e. The topological polar surface area (TPSA) is 75.3 Å². The normalized spacial score (nSPS) is 41.4. The van der Waals surface area contributed by atoms with Gasteiger partial charge in [0.15, 0.2) is 11.9 Å². The lowest BCUT2D eigenvalue weighted by molar-refractivity contribution is -0.568. The van der Waals surface area contributed by atoms with Crippen LogP contribution in [0.3, 0.4) is 0 Å². The third kappa shape index (κ3) is 4.30. The Labute approximate surface area is 199 Å². The van der Waals surface area contributed by atoms with Crippen LogP contribution in [0.25, 0.3) is 0 Å². The minimum Gasteiger partial charge on any atom is -0.406 e. The molecule has 11 heteroatoms. The maximum atomic E-state index is 12.8. The van der Waals surface area contributed by atoms with Gasteiger partial charge in [-0.15, -0.1) is 13.2 Å². The van der Waals surface area contributed by atoms with Crippen LogP contribution in [0.1, 0.15) is 46.5 Å². The van der Waals surface area contributed by atoms with Crippen molar-refractivity contribution in [2.75, 3.05) is 5.32 Å². The average molecular weight is 504 g/mol. The van der Waals surface area contributed by atoms with Crippen LogP contribution in [0, 0.1) is 23.7 Å². The van der Waals surface area contributed by atoms with Gasteiger partial charge in [0.25, 0.3) is 5.24 Å². The number of thioether (sulfide) groups is 1. The smallest absolute Gasteiger partial charge is 0.406 e. The predicted molar refractivity (Wildman–Crippen MR) is 117 cm³/mol. The number of hydrogen-bond acceptors (Lipinski definition) is 7. The number of carbonyl (C=O) groups excluding carboxylic acids is 1. The number of nitrogens with one attached hydrogen (secondary N) is 1. The zero-order chi connectivity index (χ0) is 24.3. The van der Waals surface area contributed by atoms with Crippen molar-refractivity contribution in [2.24, 2.45) is 23.7 Å². The van der Waals surface area contributed by atoms with E-state index in [2.05, 4.69) is 23.9 Å². The quantitative estimate of drug-likeness (QED) is 0.503. The van der Waals surface area contributed by atoms with Crippen LogP contribution in [0.2, 0.25) is 0 Å². The Morgan fingerprint density at radius 1 is 1.12 bits per heavy atom. The van der Waals surface area contributed by atoms with Crippen molar-refractivity contribution in [2.45, 2.75) is 75.9 Å². The molecule has 7 nitrogen and oxygen atoms in total. The van der Waals surface area contributed by atoms with Gasteiger partial charge in [0.05, 0.1) is 0 Å². The van der Waals surface area contributed by atoms with Gasteiger partial charge in [0.2, 0.25) is 5.79 Å². The zero-order valence-electron chi connectivity index (χ0n) is 19.1. The monoisotopic (exact) mass is 503 g/mol. The van der Waals surface area contributed by atoms with Gasteiger partial charge >= 0.3 is 6.36 Å². The molecule has 5 fully saturated rings. The maximum absolute atomic E-state index is 12.8. The molecule has 1 N–H and O–H groups in total. The van der Waals surface area contributed by atoms with E-state index >= 15 is 0 Å². The number of amides is 1. The summed E-state index contributed by atoms with van der Waals surface area (Å²) in [5, 5.41) is 2.32. The molecule has 188 valence electrons. The first-order valence-corrected chi connectivity index (χ1v) is 12.4. The highest BCUT2D eigenvalue weighted by molar-refractivity contribution is 8.14. The summed E-state index contributed by atoms with van der Waals surface area (Å²) in [5.74, 6) is -0.488. The summed E-state index contributed by atoms with van der Waals surface area (Å²) < 4.78 is 53.6. The van der Waals surface area contributed by atoms with Crippen molar-refractivity contribution in [3.63, 3.8) is 0 Å². The van der Waals surface area contributed by atoms with E-state index in [1.54, 1.807) is 0 Å². The molecule has 1 aromatic rings. The van der Waals surface area contributed by atoms with Gasteiger partial charge in [-0.25, -0.2) is 9.78 Å². The molecule has 0 unspecified atom stereocenters. The van der Waals surface area contributed by atoms with Crippen molar-refractivity contribution in [1.82, 2.24) is 0 Å². The molecule has 4 saturated heterocycles. The van der Waals surface area contributed by atoms with E-state index in [-0.39, 0.29) is 28.7 Å². The Morgan fingerprint density at radius 2 is 1.85 bits per heavy atom. The van der Waals surface area contributed by atoms with E-state index in [0.717, 1.165) is 43.2 Å². The first-order valence-electron chi connectivity index (χ1n) is 11.5. The van der Waals surface area contributed by atoms with Crippen molar-refractivity contribution in [3.8, 4) is 5.75 Å². The second-order valence-electron chi connectivity index (χ2n) is 9.88. The van der Waals surface area contributed by atoms with E-state index in [1.807, 2.05) is 6.92 Å². The largest absolute Gasteiger partial charge is 0.573 e. The SMILES string of the molecule is C[C@H]1[C@@H](SC(=O)Nc2ccc(OC(F)(F)F)cc2)O[C@@H]2O[C@@]3(C)CC[C@H]4[C@H](C)CC[C@@H]1[C@@]24OO3. The summed E-state index contributed by atoms with van der Waals surface area (Å²) in [6.07, 6.45) is -1.81. The van der Waals surface area contributed by atoms with E-state index in [1.165, 1.54) is 12.1 Å². The minimum absolute atomic E-state index is 0.0146. The van der Waals surface area contributed by atoms with E-state index in [4.69, 9.17) is 19.2 Å². The molecular weight excluding hydrogens is 475 g/mol. The molecule has 1 aromatic carbocycles. The van der Waals surface area contributed by atoms with Gasteiger partial charge in [0, 0.05) is 18.0 Å². The second kappa shape index (κ2) is 8.55. The van der Waals surface area contributed by atoms with Crippen LogP contribution >= 0.6 is 11.8 Å². The Hall–Kier alpha value is -1.53. The highest BCUT2D eigenvalue weighted by Gasteiger charge is 2.69. The van der Waals surface area contributed by atoms with Gasteiger partial charge in [0.1, 0.15) is 11.2 Å². The Morgan fingerprint density at radius 3 is 2.56 bits per heavy atom. The average Bonchev–Trinajstić information content (AvgIpc) is 2.98. The van der Waals surface area contributed by atoms with Gasteiger partial charge in [-0.2, -0.15) is 0 Å². The Balaban J connectivity index is 1.29. The molecule has 1 saturated carbocycles. The van der Waals surface area contributed by atoms with Gasteiger partial charge in [-0.05, 0) is 80.0 Å². The molecule has 1 amide bonds. The molecule has 1 spiro atoms. The Kier molecular flexibility index (Phi) is 6.08. The first-order chi connectivity index (χ1) is 16.0. The summed E-state index contributed by atoms with van der Waals surface area (Å²) in [6.45, 7) is 6.14. The summed E-state index contributed by atoms with van der Waals surface area (Å²) in [4.78, 5) is 24.7. The van der Waals surface area contributed by atoms with Gasteiger partial charge in [-0.3, -0.25) is 4.79 Å². The molecule has 0 radical (unpaired) electrons. The molecule has 1 aliphatic carbocycles. The number of fused-ring (bicyclic) bond motifs is 2. The number of carbonyl (C=O) groups is 1. The van der Waals surface area contributed by atoms with Crippen molar-refractivity contribution in [3.05, 3.63) is 24.3 Å². The number of anilines is 1. The second-order valence-corrected chi connectivity index (χ2v) is 10.9. The van der Waals surface area contributed by atoms with Crippen LogP contribution in [0.4, 0.5) is 23.7 Å². The summed E-state index contributed by atoms with van der Waals surface area (Å²) in [5.41, 5.74) is -0.823. The first kappa shape index (κ1) is 24.2. The lowest BCUT2D eigenvalue weighted by Gasteiger charge is -2.60. The van der Waals surface area contributed by atoms with Gasteiger partial charge in [-0.1, -0.05) is 13.8 Å². The van der Waals surface area contributed by atoms with Crippen LogP contribution in [-0.2, 0) is 19.2 Å². The highest BCUT2D eigenvalue weighted by Crippen LogP contribution is 2.61. The van der Waals surface area contributed by atoms with E-state index in [0.29, 0.717) is 18.0 Å². The van der Waals surface area contributed by atoms with Crippen molar-refractivity contribution in [1.29, 1.82) is 0 Å². The number of benzene rings is 1. The van der Waals surface area contributed by atoms with Crippen LogP contribution in [0.15, 0.2) is 24.3 Å². The lowest BCUT2D eigenvalue weighted by atomic mass is 9.58. The van der Waals surface area contributed by atoms with Crippen LogP contribution < -0.4 is 10.1 Å². The molecule has 5 aliphatic rings. The molecule has 8 atom stereocenters. The van der Waals surface area contributed by atoms with Crippen LogP contribution in [0.5, 0.6) is 5.75 Å². The highest BCUT2D eigenvalue weighted by atomic mass is 32.2. The van der Waals surface area contributed by atoms with E-state index < -0.39 is 29.5 Å². The third-order valence-electron chi connectivity index (χ3n) is 7.65. The molecule has 4 aliphatic heterocycles.